The molecule has 4 rings (SSSR count). The van der Waals surface area contributed by atoms with Crippen LogP contribution in [-0.4, -0.2) is 16.3 Å². The molecule has 1 aliphatic rings. The van der Waals surface area contributed by atoms with Crippen molar-refractivity contribution in [2.45, 2.75) is 0 Å². The molecule has 25 heavy (non-hydrogen) atoms. The first-order chi connectivity index (χ1) is 12.1. The number of nitrogens with one attached hydrogen (secondary N) is 2. The van der Waals surface area contributed by atoms with Crippen LogP contribution < -0.4 is 26.0 Å². The van der Waals surface area contributed by atoms with Gasteiger partial charge in [0.15, 0.2) is 11.5 Å². The van der Waals surface area contributed by atoms with Gasteiger partial charge in [0.1, 0.15) is 5.82 Å². The average molecular weight is 358 g/mol. The summed E-state index contributed by atoms with van der Waals surface area (Å²) < 4.78 is 11.6. The number of ether oxygens (including phenoxy) is 2. The SMILES string of the molecule is O=c1cc(Nc2ccc3c(c2)OCO3)[nH]c(=O)n1-c1ccc(Cl)cc1. The zero-order chi connectivity index (χ0) is 17.4. The summed E-state index contributed by atoms with van der Waals surface area (Å²) in [5.74, 6) is 1.53. The highest BCUT2D eigenvalue weighted by Crippen LogP contribution is 2.34. The Morgan fingerprint density at radius 1 is 1.00 bits per heavy atom. The van der Waals surface area contributed by atoms with Crippen molar-refractivity contribution in [2.75, 3.05) is 12.1 Å². The zero-order valence-electron chi connectivity index (χ0n) is 12.8. The fourth-order valence-electron chi connectivity index (χ4n) is 2.53. The Labute approximate surface area is 146 Å². The Morgan fingerprint density at radius 2 is 1.76 bits per heavy atom. The topological polar surface area (TPSA) is 85.3 Å². The fourth-order valence-corrected chi connectivity index (χ4v) is 2.65. The van der Waals surface area contributed by atoms with Gasteiger partial charge in [-0.25, -0.2) is 9.36 Å². The second-order valence-corrected chi connectivity index (χ2v) is 5.77. The number of fused-ring (bicyclic) bond motifs is 1. The van der Waals surface area contributed by atoms with E-state index in [-0.39, 0.29) is 12.6 Å². The molecule has 0 amide bonds. The number of anilines is 2. The minimum atomic E-state index is -0.557. The molecule has 0 radical (unpaired) electrons. The number of halogens is 1. The number of H-pyrrole nitrogens is 1. The van der Waals surface area contributed by atoms with Crippen molar-refractivity contribution in [3.8, 4) is 17.2 Å². The predicted octanol–water partition coefficient (Wildman–Crippen LogP) is 2.65. The number of aromatic nitrogens is 2. The van der Waals surface area contributed by atoms with Crippen LogP contribution in [0.1, 0.15) is 0 Å². The van der Waals surface area contributed by atoms with Gasteiger partial charge in [-0.05, 0) is 36.4 Å². The second kappa shape index (κ2) is 6.03. The molecule has 0 spiro atoms. The van der Waals surface area contributed by atoms with Gasteiger partial charge in [0.2, 0.25) is 6.79 Å². The maximum Gasteiger partial charge on any atom is 0.334 e. The first kappa shape index (κ1) is 15.3. The minimum absolute atomic E-state index is 0.173. The summed E-state index contributed by atoms with van der Waals surface area (Å²) in [6, 6.07) is 13.0. The van der Waals surface area contributed by atoms with Crippen LogP contribution >= 0.6 is 11.6 Å². The van der Waals surface area contributed by atoms with E-state index in [1.807, 2.05) is 0 Å². The lowest BCUT2D eigenvalue weighted by Crippen LogP contribution is -2.33. The van der Waals surface area contributed by atoms with Crippen molar-refractivity contribution in [3.63, 3.8) is 0 Å². The average Bonchev–Trinajstić information content (AvgIpc) is 3.04. The second-order valence-electron chi connectivity index (χ2n) is 5.33. The molecule has 0 unspecified atom stereocenters. The molecule has 0 aliphatic carbocycles. The van der Waals surface area contributed by atoms with Crippen molar-refractivity contribution in [2.24, 2.45) is 0 Å². The van der Waals surface area contributed by atoms with Crippen LogP contribution in [0.2, 0.25) is 5.02 Å². The van der Waals surface area contributed by atoms with Gasteiger partial charge < -0.3 is 14.8 Å². The molecule has 0 saturated carbocycles. The van der Waals surface area contributed by atoms with Gasteiger partial charge in [-0.15, -0.1) is 0 Å². The van der Waals surface area contributed by atoms with Crippen LogP contribution in [0.4, 0.5) is 11.5 Å². The standard InChI is InChI=1S/C17H12ClN3O4/c18-10-1-4-12(5-2-10)21-16(22)8-15(20-17(21)23)19-11-3-6-13-14(7-11)25-9-24-13/h1-8,19H,9H2,(H,20,23). The number of aromatic amines is 1. The van der Waals surface area contributed by atoms with Crippen LogP contribution in [-0.2, 0) is 0 Å². The van der Waals surface area contributed by atoms with E-state index in [9.17, 15) is 9.59 Å². The summed E-state index contributed by atoms with van der Waals surface area (Å²) in [7, 11) is 0. The molecule has 2 aromatic carbocycles. The molecule has 1 aliphatic heterocycles. The summed E-state index contributed by atoms with van der Waals surface area (Å²) in [6.45, 7) is 0.173. The van der Waals surface area contributed by atoms with Crippen LogP contribution in [0.3, 0.4) is 0 Å². The Balaban J connectivity index is 1.67. The van der Waals surface area contributed by atoms with Gasteiger partial charge in [-0.3, -0.25) is 9.78 Å². The molecule has 8 heteroatoms. The van der Waals surface area contributed by atoms with E-state index in [0.717, 1.165) is 4.57 Å². The molecule has 3 aromatic rings. The van der Waals surface area contributed by atoms with Gasteiger partial charge in [0.05, 0.1) is 5.69 Å². The van der Waals surface area contributed by atoms with Crippen molar-refractivity contribution in [3.05, 3.63) is 74.4 Å². The van der Waals surface area contributed by atoms with E-state index in [0.29, 0.717) is 27.9 Å². The number of benzene rings is 2. The van der Waals surface area contributed by atoms with Gasteiger partial charge in [0, 0.05) is 22.8 Å². The van der Waals surface area contributed by atoms with Crippen molar-refractivity contribution >= 4 is 23.1 Å². The third kappa shape index (κ3) is 2.97. The van der Waals surface area contributed by atoms with E-state index in [1.54, 1.807) is 42.5 Å². The lowest BCUT2D eigenvalue weighted by atomic mass is 10.3. The van der Waals surface area contributed by atoms with Crippen LogP contribution in [0.15, 0.2) is 58.1 Å². The molecule has 2 N–H and O–H groups in total. The Bertz CT molecular complexity index is 1030. The van der Waals surface area contributed by atoms with Crippen molar-refractivity contribution in [1.82, 2.24) is 9.55 Å². The molecular weight excluding hydrogens is 346 g/mol. The van der Waals surface area contributed by atoms with Gasteiger partial charge in [0.25, 0.3) is 5.56 Å². The predicted molar refractivity (Wildman–Crippen MR) is 93.5 cm³/mol. The van der Waals surface area contributed by atoms with E-state index < -0.39 is 11.2 Å². The molecule has 0 bridgehead atoms. The van der Waals surface area contributed by atoms with E-state index in [1.165, 1.54) is 6.07 Å². The molecule has 7 nitrogen and oxygen atoms in total. The van der Waals surface area contributed by atoms with Crippen molar-refractivity contribution < 1.29 is 9.47 Å². The van der Waals surface area contributed by atoms with Gasteiger partial charge >= 0.3 is 5.69 Å². The maximum atomic E-state index is 12.3. The summed E-state index contributed by atoms with van der Waals surface area (Å²) >= 11 is 5.83. The molecule has 0 atom stereocenters. The lowest BCUT2D eigenvalue weighted by Gasteiger charge is -2.09. The smallest absolute Gasteiger partial charge is 0.334 e. The number of rotatable bonds is 3. The Hall–Kier alpha value is -3.19. The Morgan fingerprint density at radius 3 is 2.52 bits per heavy atom. The molecule has 0 saturated heterocycles. The fraction of sp³-hybridized carbons (Fsp3) is 0.0588. The first-order valence-corrected chi connectivity index (χ1v) is 7.77. The summed E-state index contributed by atoms with van der Waals surface area (Å²) in [5.41, 5.74) is 0.0706. The maximum absolute atomic E-state index is 12.3. The molecule has 1 aromatic heterocycles. The number of hydrogen-bond acceptors (Lipinski definition) is 5. The summed E-state index contributed by atoms with van der Waals surface area (Å²) in [6.07, 6.45) is 0. The molecule has 0 fully saturated rings. The van der Waals surface area contributed by atoms with Gasteiger partial charge in [-0.1, -0.05) is 11.6 Å². The number of hydrogen-bond donors (Lipinski definition) is 2. The van der Waals surface area contributed by atoms with Crippen molar-refractivity contribution in [1.29, 1.82) is 0 Å². The third-order valence-corrected chi connectivity index (χ3v) is 3.92. The highest BCUT2D eigenvalue weighted by atomic mass is 35.5. The summed E-state index contributed by atoms with van der Waals surface area (Å²) in [4.78, 5) is 27.3. The van der Waals surface area contributed by atoms with Crippen LogP contribution in [0.25, 0.3) is 5.69 Å². The van der Waals surface area contributed by atoms with E-state index in [2.05, 4.69) is 10.3 Å². The van der Waals surface area contributed by atoms with Gasteiger partial charge in [-0.2, -0.15) is 0 Å². The quantitative estimate of drug-likeness (QED) is 0.752. The van der Waals surface area contributed by atoms with Crippen LogP contribution in [0, 0.1) is 0 Å². The van der Waals surface area contributed by atoms with E-state index >= 15 is 0 Å². The third-order valence-electron chi connectivity index (χ3n) is 3.67. The highest BCUT2D eigenvalue weighted by molar-refractivity contribution is 6.30. The van der Waals surface area contributed by atoms with Crippen LogP contribution in [0.5, 0.6) is 11.5 Å². The highest BCUT2D eigenvalue weighted by Gasteiger charge is 2.14. The Kier molecular flexibility index (Phi) is 3.70. The zero-order valence-corrected chi connectivity index (χ0v) is 13.5. The largest absolute Gasteiger partial charge is 0.454 e. The first-order valence-electron chi connectivity index (χ1n) is 7.39. The minimum Gasteiger partial charge on any atom is -0.454 e. The normalized spacial score (nSPS) is 12.2. The lowest BCUT2D eigenvalue weighted by molar-refractivity contribution is 0.174. The molecule has 126 valence electrons. The molecular formula is C17H12ClN3O4. The number of nitrogens with zero attached hydrogens (tertiary/aromatic N) is 1. The van der Waals surface area contributed by atoms with E-state index in [4.69, 9.17) is 21.1 Å². The molecule has 2 heterocycles. The monoisotopic (exact) mass is 357 g/mol. The summed E-state index contributed by atoms with van der Waals surface area (Å²) in [5, 5.41) is 3.50.